The summed E-state index contributed by atoms with van der Waals surface area (Å²) in [5.41, 5.74) is 4.34. The van der Waals surface area contributed by atoms with Gasteiger partial charge in [-0.05, 0) is 24.1 Å². The zero-order valence-electron chi connectivity index (χ0n) is 12.7. The van der Waals surface area contributed by atoms with Gasteiger partial charge >= 0.3 is 0 Å². The molecule has 0 radical (unpaired) electrons. The molecular weight excluding hydrogens is 276 g/mol. The molecule has 0 bridgehead atoms. The van der Waals surface area contributed by atoms with Crippen LogP contribution in [0.4, 0.5) is 0 Å². The molecular formula is C18H20N2O2. The molecule has 4 nitrogen and oxygen atoms in total. The van der Waals surface area contributed by atoms with Gasteiger partial charge in [0.05, 0.1) is 19.2 Å². The first-order valence-electron chi connectivity index (χ1n) is 7.37. The summed E-state index contributed by atoms with van der Waals surface area (Å²) in [6.07, 6.45) is 2.86. The van der Waals surface area contributed by atoms with Gasteiger partial charge < -0.3 is 4.74 Å². The summed E-state index contributed by atoms with van der Waals surface area (Å²) < 4.78 is 5.64. The van der Waals surface area contributed by atoms with E-state index in [0.717, 1.165) is 23.3 Å². The van der Waals surface area contributed by atoms with E-state index in [9.17, 15) is 4.79 Å². The zero-order chi connectivity index (χ0) is 15.6. The molecule has 0 fully saturated rings. The minimum atomic E-state index is -0.144. The minimum Gasteiger partial charge on any atom is -0.493 e. The van der Waals surface area contributed by atoms with Gasteiger partial charge in [-0.1, -0.05) is 49.4 Å². The number of ether oxygens (including phenoxy) is 1. The van der Waals surface area contributed by atoms with Crippen molar-refractivity contribution in [2.24, 2.45) is 5.10 Å². The molecule has 4 heteroatoms. The number of amides is 1. The van der Waals surface area contributed by atoms with Crippen LogP contribution < -0.4 is 10.2 Å². The SMILES string of the molecule is CCCOc1ccccc1/C=N\NC(=O)Cc1ccccc1. The molecule has 0 aromatic heterocycles. The first-order chi connectivity index (χ1) is 10.8. The third-order valence-electron chi connectivity index (χ3n) is 2.98. The van der Waals surface area contributed by atoms with E-state index in [1.54, 1.807) is 6.21 Å². The number of para-hydroxylation sites is 1. The van der Waals surface area contributed by atoms with E-state index >= 15 is 0 Å². The molecule has 22 heavy (non-hydrogen) atoms. The van der Waals surface area contributed by atoms with Gasteiger partial charge in [0.1, 0.15) is 5.75 Å². The Balaban J connectivity index is 1.91. The first-order valence-corrected chi connectivity index (χ1v) is 7.37. The number of rotatable bonds is 7. The van der Waals surface area contributed by atoms with Crippen molar-refractivity contribution in [2.75, 3.05) is 6.61 Å². The van der Waals surface area contributed by atoms with Crippen LogP contribution in [0.3, 0.4) is 0 Å². The van der Waals surface area contributed by atoms with Gasteiger partial charge in [0.15, 0.2) is 0 Å². The van der Waals surface area contributed by atoms with Gasteiger partial charge in [-0.15, -0.1) is 0 Å². The normalized spacial score (nSPS) is 10.6. The lowest BCUT2D eigenvalue weighted by Crippen LogP contribution is -2.19. The third kappa shape index (κ3) is 5.05. The number of hydrogen-bond donors (Lipinski definition) is 1. The summed E-state index contributed by atoms with van der Waals surface area (Å²) in [5, 5.41) is 4.00. The van der Waals surface area contributed by atoms with Crippen LogP contribution in [0.5, 0.6) is 5.75 Å². The Morgan fingerprint density at radius 1 is 1.14 bits per heavy atom. The largest absolute Gasteiger partial charge is 0.493 e. The highest BCUT2D eigenvalue weighted by molar-refractivity contribution is 5.85. The molecule has 0 unspecified atom stereocenters. The number of carbonyl (C=O) groups excluding carboxylic acids is 1. The molecule has 1 amide bonds. The lowest BCUT2D eigenvalue weighted by molar-refractivity contribution is -0.120. The minimum absolute atomic E-state index is 0.144. The molecule has 0 aliphatic heterocycles. The van der Waals surface area contributed by atoms with Crippen LogP contribution in [0, 0.1) is 0 Å². The standard InChI is InChI=1S/C18H20N2O2/c1-2-12-22-17-11-7-6-10-16(17)14-19-20-18(21)13-15-8-4-3-5-9-15/h3-11,14H,2,12-13H2,1H3,(H,20,21)/b19-14-. The van der Waals surface area contributed by atoms with Gasteiger partial charge in [0, 0.05) is 5.56 Å². The van der Waals surface area contributed by atoms with E-state index in [4.69, 9.17) is 4.74 Å². The number of hydrogen-bond acceptors (Lipinski definition) is 3. The lowest BCUT2D eigenvalue weighted by atomic mass is 10.1. The second-order valence-corrected chi connectivity index (χ2v) is 4.84. The molecule has 0 aliphatic rings. The Bertz CT molecular complexity index is 624. The second-order valence-electron chi connectivity index (χ2n) is 4.84. The Morgan fingerprint density at radius 2 is 1.86 bits per heavy atom. The van der Waals surface area contributed by atoms with E-state index in [1.165, 1.54) is 0 Å². The van der Waals surface area contributed by atoms with Crippen LogP contribution in [0.1, 0.15) is 24.5 Å². The van der Waals surface area contributed by atoms with Gasteiger partial charge in [-0.25, -0.2) is 5.43 Å². The molecule has 2 rings (SSSR count). The van der Waals surface area contributed by atoms with Crippen molar-refractivity contribution in [3.05, 3.63) is 65.7 Å². The molecule has 0 atom stereocenters. The quantitative estimate of drug-likeness (QED) is 0.630. The topological polar surface area (TPSA) is 50.7 Å². The first kappa shape index (κ1) is 15.8. The molecule has 0 spiro atoms. The van der Waals surface area contributed by atoms with Crippen molar-refractivity contribution in [1.82, 2.24) is 5.43 Å². The van der Waals surface area contributed by atoms with E-state index in [1.807, 2.05) is 54.6 Å². The summed E-state index contributed by atoms with van der Waals surface area (Å²) >= 11 is 0. The van der Waals surface area contributed by atoms with Gasteiger partial charge in [0.2, 0.25) is 5.91 Å². The van der Waals surface area contributed by atoms with Crippen molar-refractivity contribution >= 4 is 12.1 Å². The maximum atomic E-state index is 11.8. The molecule has 114 valence electrons. The molecule has 0 aliphatic carbocycles. The van der Waals surface area contributed by atoms with E-state index in [2.05, 4.69) is 17.5 Å². The van der Waals surface area contributed by atoms with Crippen LogP contribution in [-0.4, -0.2) is 18.7 Å². The van der Waals surface area contributed by atoms with Crippen molar-refractivity contribution < 1.29 is 9.53 Å². The fourth-order valence-electron chi connectivity index (χ4n) is 1.93. The highest BCUT2D eigenvalue weighted by atomic mass is 16.5. The van der Waals surface area contributed by atoms with Gasteiger partial charge in [-0.2, -0.15) is 5.10 Å². The van der Waals surface area contributed by atoms with E-state index in [-0.39, 0.29) is 5.91 Å². The summed E-state index contributed by atoms with van der Waals surface area (Å²) in [7, 11) is 0. The fourth-order valence-corrected chi connectivity index (χ4v) is 1.93. The fraction of sp³-hybridized carbons (Fsp3) is 0.222. The number of nitrogens with zero attached hydrogens (tertiary/aromatic N) is 1. The predicted octanol–water partition coefficient (Wildman–Crippen LogP) is 3.17. The van der Waals surface area contributed by atoms with Crippen LogP contribution in [0.2, 0.25) is 0 Å². The number of benzene rings is 2. The Labute approximate surface area is 130 Å². The van der Waals surface area contributed by atoms with Crippen molar-refractivity contribution in [3.63, 3.8) is 0 Å². The van der Waals surface area contributed by atoms with Crippen molar-refractivity contribution in [2.45, 2.75) is 19.8 Å². The molecule has 2 aromatic rings. The molecule has 0 saturated carbocycles. The lowest BCUT2D eigenvalue weighted by Gasteiger charge is -2.07. The number of hydrazone groups is 1. The number of carbonyl (C=O) groups is 1. The maximum absolute atomic E-state index is 11.8. The third-order valence-corrected chi connectivity index (χ3v) is 2.98. The Kier molecular flexibility index (Phi) is 6.18. The summed E-state index contributed by atoms with van der Waals surface area (Å²) in [4.78, 5) is 11.8. The maximum Gasteiger partial charge on any atom is 0.244 e. The molecule has 1 N–H and O–H groups in total. The summed E-state index contributed by atoms with van der Waals surface area (Å²) in [6.45, 7) is 2.71. The number of nitrogens with one attached hydrogen (secondary N) is 1. The average molecular weight is 296 g/mol. The van der Waals surface area contributed by atoms with Crippen LogP contribution >= 0.6 is 0 Å². The van der Waals surface area contributed by atoms with Gasteiger partial charge in [-0.3, -0.25) is 4.79 Å². The monoisotopic (exact) mass is 296 g/mol. The second kappa shape index (κ2) is 8.62. The van der Waals surface area contributed by atoms with E-state index < -0.39 is 0 Å². The van der Waals surface area contributed by atoms with Gasteiger partial charge in [0.25, 0.3) is 0 Å². The average Bonchev–Trinajstić information content (AvgIpc) is 2.55. The van der Waals surface area contributed by atoms with Crippen molar-refractivity contribution in [3.8, 4) is 5.75 Å². The highest BCUT2D eigenvalue weighted by Crippen LogP contribution is 2.15. The smallest absolute Gasteiger partial charge is 0.244 e. The predicted molar refractivity (Wildman–Crippen MR) is 88.1 cm³/mol. The summed E-state index contributed by atoms with van der Waals surface area (Å²) in [6, 6.07) is 17.2. The Hall–Kier alpha value is -2.62. The van der Waals surface area contributed by atoms with Crippen LogP contribution in [0.25, 0.3) is 0 Å². The Morgan fingerprint density at radius 3 is 2.64 bits per heavy atom. The summed E-state index contributed by atoms with van der Waals surface area (Å²) in [5.74, 6) is 0.625. The molecule has 0 heterocycles. The highest BCUT2D eigenvalue weighted by Gasteiger charge is 2.02. The van der Waals surface area contributed by atoms with Crippen LogP contribution in [-0.2, 0) is 11.2 Å². The zero-order valence-corrected chi connectivity index (χ0v) is 12.7. The van der Waals surface area contributed by atoms with Crippen molar-refractivity contribution in [1.29, 1.82) is 0 Å². The molecule has 2 aromatic carbocycles. The van der Waals surface area contributed by atoms with E-state index in [0.29, 0.717) is 13.0 Å². The molecule has 0 saturated heterocycles. The van der Waals surface area contributed by atoms with Crippen LogP contribution in [0.15, 0.2) is 59.7 Å².